The molecule has 0 aliphatic heterocycles. The molecule has 2 rings (SSSR count). The minimum absolute atomic E-state index is 0.0772. The van der Waals surface area contributed by atoms with Gasteiger partial charge in [0.15, 0.2) is 12.4 Å². The number of nitrogens with zero attached hydrogens (tertiary/aromatic N) is 1. The Balaban J connectivity index is 1.93. The summed E-state index contributed by atoms with van der Waals surface area (Å²) in [4.78, 5) is 26.3. The van der Waals surface area contributed by atoms with Crippen LogP contribution in [0.15, 0.2) is 41.8 Å². The maximum atomic E-state index is 12.0. The topological polar surface area (TPSA) is 46.6 Å². The van der Waals surface area contributed by atoms with Crippen LogP contribution in [0.2, 0.25) is 0 Å². The van der Waals surface area contributed by atoms with E-state index in [1.165, 1.54) is 6.92 Å². The lowest BCUT2D eigenvalue weighted by atomic mass is 10.1. The second-order valence-corrected chi connectivity index (χ2v) is 5.70. The molecule has 0 N–H and O–H groups in total. The maximum Gasteiger partial charge on any atom is 0.260 e. The van der Waals surface area contributed by atoms with E-state index in [1.807, 2.05) is 17.5 Å². The molecular formula is C16H17NO3S. The number of benzene rings is 1. The van der Waals surface area contributed by atoms with Gasteiger partial charge in [0.05, 0.1) is 12.1 Å². The standard InChI is InChI=1S/C16H17NO3S/c1-12(18)14-7-3-4-8-15(14)20-11-16(19)17(2)10-13-6-5-9-21-13/h3-9H,10-11H2,1-2H3. The van der Waals surface area contributed by atoms with Gasteiger partial charge in [-0.2, -0.15) is 0 Å². The van der Waals surface area contributed by atoms with Crippen LogP contribution in [0.3, 0.4) is 0 Å². The zero-order chi connectivity index (χ0) is 15.2. The van der Waals surface area contributed by atoms with Gasteiger partial charge in [-0.1, -0.05) is 18.2 Å². The summed E-state index contributed by atoms with van der Waals surface area (Å²) in [5, 5.41) is 1.98. The third-order valence-corrected chi connectivity index (χ3v) is 3.88. The third kappa shape index (κ3) is 4.16. The van der Waals surface area contributed by atoms with Gasteiger partial charge in [-0.25, -0.2) is 0 Å². The van der Waals surface area contributed by atoms with Gasteiger partial charge in [0.25, 0.3) is 5.91 Å². The molecule has 1 aromatic carbocycles. The lowest BCUT2D eigenvalue weighted by Crippen LogP contribution is -2.30. The van der Waals surface area contributed by atoms with Crippen molar-refractivity contribution in [2.75, 3.05) is 13.7 Å². The number of ether oxygens (including phenoxy) is 1. The number of carbonyl (C=O) groups excluding carboxylic acids is 2. The predicted octanol–water partition coefficient (Wildman–Crippen LogP) is 2.99. The van der Waals surface area contributed by atoms with Gasteiger partial charge >= 0.3 is 0 Å². The summed E-state index contributed by atoms with van der Waals surface area (Å²) < 4.78 is 5.49. The molecule has 0 unspecified atom stereocenters. The van der Waals surface area contributed by atoms with Gasteiger partial charge in [-0.05, 0) is 30.5 Å². The van der Waals surface area contributed by atoms with E-state index in [0.29, 0.717) is 17.9 Å². The summed E-state index contributed by atoms with van der Waals surface area (Å²) in [6, 6.07) is 10.9. The number of thiophene rings is 1. The lowest BCUT2D eigenvalue weighted by Gasteiger charge is -2.17. The number of Topliss-reactive ketones (excluding diaryl/α,β-unsaturated/α-hetero) is 1. The zero-order valence-electron chi connectivity index (χ0n) is 12.0. The van der Waals surface area contributed by atoms with Crippen LogP contribution in [0.1, 0.15) is 22.2 Å². The van der Waals surface area contributed by atoms with Crippen LogP contribution >= 0.6 is 11.3 Å². The fourth-order valence-corrected chi connectivity index (χ4v) is 2.61. The zero-order valence-corrected chi connectivity index (χ0v) is 12.9. The highest BCUT2D eigenvalue weighted by Crippen LogP contribution is 2.18. The molecule has 1 heterocycles. The van der Waals surface area contributed by atoms with E-state index < -0.39 is 0 Å². The molecule has 0 saturated heterocycles. The number of carbonyl (C=O) groups is 2. The molecule has 0 bridgehead atoms. The van der Waals surface area contributed by atoms with Crippen molar-refractivity contribution < 1.29 is 14.3 Å². The smallest absolute Gasteiger partial charge is 0.260 e. The van der Waals surface area contributed by atoms with E-state index in [0.717, 1.165) is 4.88 Å². The number of likely N-dealkylation sites (N-methyl/N-ethyl adjacent to an activating group) is 1. The van der Waals surface area contributed by atoms with Crippen LogP contribution in [-0.4, -0.2) is 30.2 Å². The van der Waals surface area contributed by atoms with Gasteiger partial charge in [-0.15, -0.1) is 11.3 Å². The normalized spacial score (nSPS) is 10.2. The van der Waals surface area contributed by atoms with Crippen molar-refractivity contribution >= 4 is 23.0 Å². The molecule has 4 nitrogen and oxygen atoms in total. The van der Waals surface area contributed by atoms with Crippen LogP contribution in [0.5, 0.6) is 5.75 Å². The average molecular weight is 303 g/mol. The van der Waals surface area contributed by atoms with Crippen molar-refractivity contribution in [3.05, 3.63) is 52.2 Å². The highest BCUT2D eigenvalue weighted by Gasteiger charge is 2.13. The summed E-state index contributed by atoms with van der Waals surface area (Å²) in [5.74, 6) is 0.245. The Bertz CT molecular complexity index is 622. The molecule has 0 atom stereocenters. The molecule has 110 valence electrons. The average Bonchev–Trinajstić information content (AvgIpc) is 2.97. The van der Waals surface area contributed by atoms with Gasteiger partial charge in [0.1, 0.15) is 5.75 Å². The minimum Gasteiger partial charge on any atom is -0.483 e. The largest absolute Gasteiger partial charge is 0.483 e. The summed E-state index contributed by atoms with van der Waals surface area (Å²) in [7, 11) is 1.74. The van der Waals surface area contributed by atoms with E-state index in [1.54, 1.807) is 47.5 Å². The van der Waals surface area contributed by atoms with E-state index in [2.05, 4.69) is 0 Å². The number of para-hydroxylation sites is 1. The van der Waals surface area contributed by atoms with Crippen molar-refractivity contribution in [2.45, 2.75) is 13.5 Å². The monoisotopic (exact) mass is 303 g/mol. The fraction of sp³-hybridized carbons (Fsp3) is 0.250. The quantitative estimate of drug-likeness (QED) is 0.771. The molecule has 5 heteroatoms. The van der Waals surface area contributed by atoms with Crippen molar-refractivity contribution in [2.24, 2.45) is 0 Å². The van der Waals surface area contributed by atoms with Gasteiger partial charge in [0.2, 0.25) is 0 Å². The first-order valence-electron chi connectivity index (χ1n) is 6.57. The van der Waals surface area contributed by atoms with Crippen LogP contribution in [0.4, 0.5) is 0 Å². The number of hydrogen-bond acceptors (Lipinski definition) is 4. The highest BCUT2D eigenvalue weighted by molar-refractivity contribution is 7.09. The molecule has 1 aromatic heterocycles. The second-order valence-electron chi connectivity index (χ2n) is 4.67. The number of rotatable bonds is 6. The van der Waals surface area contributed by atoms with E-state index in [-0.39, 0.29) is 18.3 Å². The Morgan fingerprint density at radius 2 is 1.95 bits per heavy atom. The van der Waals surface area contributed by atoms with Gasteiger partial charge in [0, 0.05) is 11.9 Å². The Labute approximate surface area is 128 Å². The molecule has 1 amide bonds. The van der Waals surface area contributed by atoms with Gasteiger partial charge in [-0.3, -0.25) is 9.59 Å². The second kappa shape index (κ2) is 7.04. The summed E-state index contributed by atoms with van der Waals surface area (Å²) >= 11 is 1.61. The number of ketones is 1. The summed E-state index contributed by atoms with van der Waals surface area (Å²) in [6.07, 6.45) is 0. The Kier molecular flexibility index (Phi) is 5.11. The molecule has 0 aliphatic rings. The predicted molar refractivity (Wildman–Crippen MR) is 82.7 cm³/mol. The first-order chi connectivity index (χ1) is 10.1. The lowest BCUT2D eigenvalue weighted by molar-refractivity contribution is -0.132. The Morgan fingerprint density at radius 1 is 1.19 bits per heavy atom. The molecular weight excluding hydrogens is 286 g/mol. The molecule has 0 spiro atoms. The Hall–Kier alpha value is -2.14. The Morgan fingerprint density at radius 3 is 2.62 bits per heavy atom. The molecule has 2 aromatic rings. The minimum atomic E-state index is -0.123. The van der Waals surface area contributed by atoms with E-state index in [4.69, 9.17) is 4.74 Å². The first-order valence-corrected chi connectivity index (χ1v) is 7.45. The summed E-state index contributed by atoms with van der Waals surface area (Å²) in [5.41, 5.74) is 0.492. The first kappa shape index (κ1) is 15.3. The SMILES string of the molecule is CC(=O)c1ccccc1OCC(=O)N(C)Cc1cccs1. The van der Waals surface area contributed by atoms with Gasteiger partial charge < -0.3 is 9.64 Å². The molecule has 21 heavy (non-hydrogen) atoms. The van der Waals surface area contributed by atoms with Crippen molar-refractivity contribution in [3.8, 4) is 5.75 Å². The van der Waals surface area contributed by atoms with Crippen molar-refractivity contribution in [1.82, 2.24) is 4.90 Å². The molecule has 0 aliphatic carbocycles. The highest BCUT2D eigenvalue weighted by atomic mass is 32.1. The maximum absolute atomic E-state index is 12.0. The molecule has 0 radical (unpaired) electrons. The van der Waals surface area contributed by atoms with Crippen molar-refractivity contribution in [1.29, 1.82) is 0 Å². The summed E-state index contributed by atoms with van der Waals surface area (Å²) in [6.45, 7) is 1.97. The van der Waals surface area contributed by atoms with Crippen molar-refractivity contribution in [3.63, 3.8) is 0 Å². The van der Waals surface area contributed by atoms with E-state index >= 15 is 0 Å². The fourth-order valence-electron chi connectivity index (χ4n) is 1.86. The number of amides is 1. The van der Waals surface area contributed by atoms with E-state index in [9.17, 15) is 9.59 Å². The van der Waals surface area contributed by atoms with Crippen LogP contribution < -0.4 is 4.74 Å². The van der Waals surface area contributed by atoms with Crippen LogP contribution in [-0.2, 0) is 11.3 Å². The third-order valence-electron chi connectivity index (χ3n) is 3.02. The van der Waals surface area contributed by atoms with Crippen LogP contribution in [0.25, 0.3) is 0 Å². The molecule has 0 saturated carbocycles. The molecule has 0 fully saturated rings. The number of hydrogen-bond donors (Lipinski definition) is 0. The van der Waals surface area contributed by atoms with Crippen LogP contribution in [0, 0.1) is 0 Å².